The topological polar surface area (TPSA) is 44.1 Å². The highest BCUT2D eigenvalue weighted by Crippen LogP contribution is 2.23. The van der Waals surface area contributed by atoms with Gasteiger partial charge in [0.1, 0.15) is 16.7 Å². The van der Waals surface area contributed by atoms with Crippen LogP contribution in [0.1, 0.15) is 11.4 Å². The fourth-order valence-electron chi connectivity index (χ4n) is 1.82. The minimum Gasteiger partial charge on any atom is -0.496 e. The molecule has 0 N–H and O–H groups in total. The fraction of sp³-hybridized carbons (Fsp3) is 0.231. The third-order valence-corrected chi connectivity index (χ3v) is 3.43. The van der Waals surface area contributed by atoms with E-state index in [1.54, 1.807) is 18.6 Å². The van der Waals surface area contributed by atoms with Crippen molar-refractivity contribution >= 4 is 27.5 Å². The van der Waals surface area contributed by atoms with Gasteiger partial charge in [-0.15, -0.1) is 0 Å². The quantitative estimate of drug-likeness (QED) is 0.805. The number of benzene rings is 1. The molecular formula is C13H12BrClN2O2. The summed E-state index contributed by atoms with van der Waals surface area (Å²) in [7, 11) is 1.60. The molecule has 0 fully saturated rings. The van der Waals surface area contributed by atoms with E-state index in [9.17, 15) is 4.79 Å². The van der Waals surface area contributed by atoms with Crippen molar-refractivity contribution in [2.75, 3.05) is 7.11 Å². The smallest absolute Gasteiger partial charge is 0.255 e. The van der Waals surface area contributed by atoms with Crippen molar-refractivity contribution in [1.82, 2.24) is 9.55 Å². The molecule has 1 aromatic carbocycles. The lowest BCUT2D eigenvalue weighted by Gasteiger charge is -2.12. The Labute approximate surface area is 124 Å². The number of halogens is 2. The third-order valence-electron chi connectivity index (χ3n) is 2.74. The van der Waals surface area contributed by atoms with Crippen LogP contribution in [0.5, 0.6) is 5.75 Å². The fourth-order valence-corrected chi connectivity index (χ4v) is 2.44. The molecule has 6 heteroatoms. The molecular weight excluding hydrogens is 332 g/mol. The number of aromatic nitrogens is 2. The summed E-state index contributed by atoms with van der Waals surface area (Å²) in [6, 6.07) is 6.96. The van der Waals surface area contributed by atoms with Gasteiger partial charge in [0.25, 0.3) is 5.56 Å². The minimum absolute atomic E-state index is 0.181. The van der Waals surface area contributed by atoms with Gasteiger partial charge in [-0.2, -0.15) is 0 Å². The third kappa shape index (κ3) is 3.16. The SMILES string of the molecule is COc1ccc(Br)cc1Cn1c(C)nc(Cl)cc1=O. The Morgan fingerprint density at radius 2 is 2.16 bits per heavy atom. The summed E-state index contributed by atoms with van der Waals surface area (Å²) in [5, 5.41) is 0.208. The maximum absolute atomic E-state index is 11.9. The summed E-state index contributed by atoms with van der Waals surface area (Å²) in [5.41, 5.74) is 0.714. The first-order chi connectivity index (χ1) is 9.01. The first-order valence-corrected chi connectivity index (χ1v) is 6.75. The van der Waals surface area contributed by atoms with Gasteiger partial charge in [-0.05, 0) is 25.1 Å². The maximum Gasteiger partial charge on any atom is 0.255 e. The highest BCUT2D eigenvalue weighted by Gasteiger charge is 2.09. The molecule has 0 amide bonds. The molecule has 0 saturated heterocycles. The summed E-state index contributed by atoms with van der Waals surface area (Å²) < 4.78 is 7.77. The molecule has 100 valence electrons. The molecule has 1 aromatic heterocycles. The molecule has 4 nitrogen and oxygen atoms in total. The van der Waals surface area contributed by atoms with Crippen LogP contribution in [0.15, 0.2) is 33.5 Å². The van der Waals surface area contributed by atoms with Gasteiger partial charge in [-0.3, -0.25) is 9.36 Å². The number of rotatable bonds is 3. The summed E-state index contributed by atoms with van der Waals surface area (Å²) in [4.78, 5) is 16.0. The van der Waals surface area contributed by atoms with E-state index >= 15 is 0 Å². The van der Waals surface area contributed by atoms with E-state index in [4.69, 9.17) is 16.3 Å². The second-order valence-electron chi connectivity index (χ2n) is 4.01. The second kappa shape index (κ2) is 5.75. The van der Waals surface area contributed by atoms with Gasteiger partial charge in [0.2, 0.25) is 0 Å². The highest BCUT2D eigenvalue weighted by molar-refractivity contribution is 9.10. The lowest BCUT2D eigenvalue weighted by Crippen LogP contribution is -2.23. The predicted molar refractivity (Wildman–Crippen MR) is 78.0 cm³/mol. The molecule has 0 aliphatic rings. The number of nitrogens with zero attached hydrogens (tertiary/aromatic N) is 2. The van der Waals surface area contributed by atoms with Crippen molar-refractivity contribution in [3.8, 4) is 5.75 Å². The van der Waals surface area contributed by atoms with Crippen molar-refractivity contribution < 1.29 is 4.74 Å². The van der Waals surface area contributed by atoms with Crippen LogP contribution >= 0.6 is 27.5 Å². The molecule has 0 atom stereocenters. The average Bonchev–Trinajstić information content (AvgIpc) is 2.34. The van der Waals surface area contributed by atoms with Gasteiger partial charge in [0.15, 0.2) is 0 Å². The second-order valence-corrected chi connectivity index (χ2v) is 5.31. The Balaban J connectivity index is 2.47. The highest BCUT2D eigenvalue weighted by atomic mass is 79.9. The molecule has 1 heterocycles. The number of hydrogen-bond donors (Lipinski definition) is 0. The maximum atomic E-state index is 11.9. The van der Waals surface area contributed by atoms with Crippen LogP contribution in [0.3, 0.4) is 0 Å². The van der Waals surface area contributed by atoms with Crippen molar-refractivity contribution in [3.63, 3.8) is 0 Å². The van der Waals surface area contributed by atoms with Crippen molar-refractivity contribution in [2.24, 2.45) is 0 Å². The van der Waals surface area contributed by atoms with Gasteiger partial charge in [0, 0.05) is 16.1 Å². The Kier molecular flexibility index (Phi) is 4.27. The minimum atomic E-state index is -0.181. The molecule has 0 aliphatic heterocycles. The van der Waals surface area contributed by atoms with E-state index in [1.165, 1.54) is 6.07 Å². The van der Waals surface area contributed by atoms with E-state index in [2.05, 4.69) is 20.9 Å². The number of methoxy groups -OCH3 is 1. The van der Waals surface area contributed by atoms with Crippen LogP contribution in [-0.4, -0.2) is 16.7 Å². The van der Waals surface area contributed by atoms with E-state index in [-0.39, 0.29) is 10.7 Å². The summed E-state index contributed by atoms with van der Waals surface area (Å²) >= 11 is 9.16. The molecule has 0 aliphatic carbocycles. The predicted octanol–water partition coefficient (Wildman–Crippen LogP) is 3.02. The monoisotopic (exact) mass is 342 g/mol. The Bertz CT molecular complexity index is 670. The molecule has 0 spiro atoms. The molecule has 0 unspecified atom stereocenters. The molecule has 2 aromatic rings. The van der Waals surface area contributed by atoms with Crippen LogP contribution in [0, 0.1) is 6.92 Å². The van der Waals surface area contributed by atoms with Crippen molar-refractivity contribution in [3.05, 3.63) is 55.6 Å². The van der Waals surface area contributed by atoms with E-state index in [1.807, 2.05) is 18.2 Å². The Morgan fingerprint density at radius 3 is 2.79 bits per heavy atom. The van der Waals surface area contributed by atoms with Crippen LogP contribution in [0.2, 0.25) is 5.15 Å². The summed E-state index contributed by atoms with van der Waals surface area (Å²) in [5.74, 6) is 1.30. The molecule has 2 rings (SSSR count). The van der Waals surface area contributed by atoms with Crippen LogP contribution in [-0.2, 0) is 6.54 Å². The lowest BCUT2D eigenvalue weighted by atomic mass is 10.2. The largest absolute Gasteiger partial charge is 0.496 e. The first kappa shape index (κ1) is 14.1. The zero-order valence-corrected chi connectivity index (χ0v) is 12.8. The van der Waals surface area contributed by atoms with E-state index in [0.717, 1.165) is 15.8 Å². The number of hydrogen-bond acceptors (Lipinski definition) is 3. The van der Waals surface area contributed by atoms with Crippen LogP contribution in [0.4, 0.5) is 0 Å². The molecule has 0 bridgehead atoms. The van der Waals surface area contributed by atoms with Gasteiger partial charge in [-0.1, -0.05) is 27.5 Å². The number of aryl methyl sites for hydroxylation is 1. The summed E-state index contributed by atoms with van der Waals surface area (Å²) in [6.45, 7) is 2.13. The molecule has 0 saturated carbocycles. The zero-order valence-electron chi connectivity index (χ0n) is 10.5. The standard InChI is InChI=1S/C13H12BrClN2O2/c1-8-16-12(15)6-13(18)17(8)7-9-5-10(14)3-4-11(9)19-2/h3-6H,7H2,1-2H3. The Hall–Kier alpha value is -1.33. The van der Waals surface area contributed by atoms with E-state index < -0.39 is 0 Å². The lowest BCUT2D eigenvalue weighted by molar-refractivity contribution is 0.407. The normalized spacial score (nSPS) is 10.5. The molecule has 19 heavy (non-hydrogen) atoms. The van der Waals surface area contributed by atoms with Gasteiger partial charge < -0.3 is 4.74 Å². The van der Waals surface area contributed by atoms with Gasteiger partial charge >= 0.3 is 0 Å². The molecule has 0 radical (unpaired) electrons. The average molecular weight is 344 g/mol. The van der Waals surface area contributed by atoms with Gasteiger partial charge in [0.05, 0.1) is 13.7 Å². The Morgan fingerprint density at radius 1 is 1.42 bits per heavy atom. The van der Waals surface area contributed by atoms with Crippen LogP contribution in [0.25, 0.3) is 0 Å². The number of ether oxygens (including phenoxy) is 1. The first-order valence-electron chi connectivity index (χ1n) is 5.57. The summed E-state index contributed by atoms with van der Waals surface area (Å²) in [6.07, 6.45) is 0. The van der Waals surface area contributed by atoms with Crippen molar-refractivity contribution in [1.29, 1.82) is 0 Å². The van der Waals surface area contributed by atoms with Crippen LogP contribution < -0.4 is 10.3 Å². The zero-order chi connectivity index (χ0) is 14.0. The van der Waals surface area contributed by atoms with Crippen molar-refractivity contribution in [2.45, 2.75) is 13.5 Å². The van der Waals surface area contributed by atoms with Gasteiger partial charge in [-0.25, -0.2) is 4.98 Å². The van der Waals surface area contributed by atoms with E-state index in [0.29, 0.717) is 12.4 Å².